The molecule has 132 valence electrons. The van der Waals surface area contributed by atoms with E-state index in [2.05, 4.69) is 5.10 Å². The highest BCUT2D eigenvalue weighted by Gasteiger charge is 2.35. The number of methoxy groups -OCH3 is 2. The molecule has 0 saturated heterocycles. The summed E-state index contributed by atoms with van der Waals surface area (Å²) < 4.78 is 50.2. The van der Waals surface area contributed by atoms with Crippen LogP contribution in [0.5, 0.6) is 5.75 Å². The van der Waals surface area contributed by atoms with E-state index >= 15 is 0 Å². The van der Waals surface area contributed by atoms with E-state index in [1.807, 2.05) is 13.8 Å². The molecule has 0 N–H and O–H groups in total. The van der Waals surface area contributed by atoms with Gasteiger partial charge in [-0.2, -0.15) is 18.3 Å². The molecule has 2 aromatic rings. The number of benzene rings is 1. The Morgan fingerprint density at radius 2 is 1.71 bits per heavy atom. The van der Waals surface area contributed by atoms with E-state index in [-0.39, 0.29) is 5.69 Å². The summed E-state index contributed by atoms with van der Waals surface area (Å²) in [6.07, 6.45) is -2.95. The number of ether oxygens (including phenoxy) is 2. The van der Waals surface area contributed by atoms with Crippen molar-refractivity contribution in [2.24, 2.45) is 0 Å². The van der Waals surface area contributed by atoms with Crippen molar-refractivity contribution in [1.29, 1.82) is 0 Å². The Hall–Kier alpha value is -2.44. The van der Waals surface area contributed by atoms with Gasteiger partial charge in [-0.25, -0.2) is 4.68 Å². The molecule has 1 aromatic carbocycles. The molecule has 0 aliphatic heterocycles. The van der Waals surface area contributed by atoms with E-state index in [4.69, 9.17) is 9.47 Å². The maximum Gasteiger partial charge on any atom is 0.435 e. The molecule has 0 saturated carbocycles. The van der Waals surface area contributed by atoms with Gasteiger partial charge in [-0.15, -0.1) is 0 Å². The zero-order chi connectivity index (χ0) is 18.3. The first kappa shape index (κ1) is 19.6. The predicted molar refractivity (Wildman–Crippen MR) is 87.1 cm³/mol. The molecule has 0 fully saturated rings. The molecule has 0 amide bonds. The number of nitrogens with zero attached hydrogens (tertiary/aromatic N) is 2. The molecule has 0 aliphatic rings. The minimum absolute atomic E-state index is 0.225. The quantitative estimate of drug-likeness (QED) is 0.739. The normalized spacial score (nSPS) is 11.6. The van der Waals surface area contributed by atoms with Gasteiger partial charge in [0, 0.05) is 6.07 Å². The van der Waals surface area contributed by atoms with E-state index in [1.165, 1.54) is 18.9 Å². The molecular weight excluding hydrogens is 321 g/mol. The lowest BCUT2D eigenvalue weighted by Crippen LogP contribution is -2.07. The Bertz CT molecular complexity index is 674. The summed E-state index contributed by atoms with van der Waals surface area (Å²) >= 11 is 0. The van der Waals surface area contributed by atoms with Crippen LogP contribution in [0.15, 0.2) is 36.4 Å². The Labute approximate surface area is 139 Å². The van der Waals surface area contributed by atoms with Gasteiger partial charge in [-0.3, -0.25) is 0 Å². The van der Waals surface area contributed by atoms with Gasteiger partial charge in [0.05, 0.1) is 19.9 Å². The van der Waals surface area contributed by atoms with Gasteiger partial charge in [0.1, 0.15) is 17.2 Å². The summed E-state index contributed by atoms with van der Waals surface area (Å²) in [6.45, 7) is 5.68. The molecule has 0 spiro atoms. The minimum atomic E-state index is -4.53. The van der Waals surface area contributed by atoms with Gasteiger partial charge in [0.15, 0.2) is 5.69 Å². The average Bonchev–Trinajstić information content (AvgIpc) is 3.03. The van der Waals surface area contributed by atoms with Gasteiger partial charge >= 0.3 is 6.18 Å². The summed E-state index contributed by atoms with van der Waals surface area (Å²) in [5.74, 6) is 0.908. The van der Waals surface area contributed by atoms with Crippen molar-refractivity contribution in [1.82, 2.24) is 9.78 Å². The van der Waals surface area contributed by atoms with Crippen molar-refractivity contribution in [2.45, 2.75) is 26.9 Å². The summed E-state index contributed by atoms with van der Waals surface area (Å²) in [4.78, 5) is 0. The third-order valence-corrected chi connectivity index (χ3v) is 3.05. The van der Waals surface area contributed by atoms with Crippen LogP contribution in [0.3, 0.4) is 0 Å². The maximum absolute atomic E-state index is 12.9. The van der Waals surface area contributed by atoms with Crippen molar-refractivity contribution in [3.63, 3.8) is 0 Å². The summed E-state index contributed by atoms with van der Waals surface area (Å²) in [5.41, 5.74) is -0.278. The highest BCUT2D eigenvalue weighted by atomic mass is 19.4. The van der Waals surface area contributed by atoms with Crippen LogP contribution in [0.2, 0.25) is 0 Å². The Morgan fingerprint density at radius 1 is 1.12 bits per heavy atom. The van der Waals surface area contributed by atoms with Crippen LogP contribution in [0.25, 0.3) is 11.4 Å². The van der Waals surface area contributed by atoms with Crippen LogP contribution in [0, 0.1) is 0 Å². The highest BCUT2D eigenvalue weighted by molar-refractivity contribution is 5.59. The Balaban J connectivity index is 0.00000139. The second-order valence-corrected chi connectivity index (χ2v) is 4.38. The first-order valence-electron chi connectivity index (χ1n) is 7.43. The van der Waals surface area contributed by atoms with Crippen molar-refractivity contribution >= 4 is 5.76 Å². The first-order valence-corrected chi connectivity index (χ1v) is 7.43. The SMILES string of the molecule is C/C=C(\OC)c1cc(C(F)(F)F)nn1-c1ccc(OC)cc1.CC. The Morgan fingerprint density at radius 3 is 2.12 bits per heavy atom. The second-order valence-electron chi connectivity index (χ2n) is 4.38. The molecule has 0 aliphatic carbocycles. The molecule has 0 unspecified atom stereocenters. The fourth-order valence-electron chi connectivity index (χ4n) is 1.99. The van der Waals surface area contributed by atoms with Crippen molar-refractivity contribution in [2.75, 3.05) is 14.2 Å². The molecule has 24 heavy (non-hydrogen) atoms. The minimum Gasteiger partial charge on any atom is -0.497 e. The molecule has 0 atom stereocenters. The number of aromatic nitrogens is 2. The number of rotatable bonds is 4. The number of hydrogen-bond donors (Lipinski definition) is 0. The molecule has 2 rings (SSSR count). The molecule has 1 aromatic heterocycles. The second kappa shape index (κ2) is 8.42. The highest BCUT2D eigenvalue weighted by Crippen LogP contribution is 2.32. The van der Waals surface area contributed by atoms with Crippen LogP contribution in [0.1, 0.15) is 32.2 Å². The maximum atomic E-state index is 12.9. The monoisotopic (exact) mass is 342 g/mol. The van der Waals surface area contributed by atoms with Crippen LogP contribution in [-0.2, 0) is 10.9 Å². The summed E-state index contributed by atoms with van der Waals surface area (Å²) in [5, 5.41) is 3.65. The first-order chi connectivity index (χ1) is 11.4. The van der Waals surface area contributed by atoms with Crippen molar-refractivity contribution < 1.29 is 22.6 Å². The molecule has 0 radical (unpaired) electrons. The topological polar surface area (TPSA) is 36.3 Å². The fraction of sp³-hybridized carbons (Fsp3) is 0.353. The number of halogens is 3. The molecule has 7 heteroatoms. The average molecular weight is 342 g/mol. The number of hydrogen-bond acceptors (Lipinski definition) is 3. The smallest absolute Gasteiger partial charge is 0.435 e. The standard InChI is InChI=1S/C15H15F3N2O2.C2H6/c1-4-13(22-3)12-9-14(15(16,17)18)19-20(12)10-5-7-11(21-2)8-6-10;1-2/h4-9H,1-3H3;1-2H3/b13-4-;. The third-order valence-electron chi connectivity index (χ3n) is 3.05. The van der Waals surface area contributed by atoms with E-state index in [0.717, 1.165) is 6.07 Å². The lowest BCUT2D eigenvalue weighted by atomic mass is 10.2. The van der Waals surface area contributed by atoms with Gasteiger partial charge < -0.3 is 9.47 Å². The van der Waals surface area contributed by atoms with E-state index < -0.39 is 11.9 Å². The third kappa shape index (κ3) is 4.31. The van der Waals surface area contributed by atoms with Gasteiger partial charge in [0.25, 0.3) is 0 Å². The molecule has 4 nitrogen and oxygen atoms in total. The van der Waals surface area contributed by atoms with Crippen LogP contribution in [0.4, 0.5) is 13.2 Å². The molecule has 1 heterocycles. The van der Waals surface area contributed by atoms with E-state index in [0.29, 0.717) is 17.2 Å². The van der Waals surface area contributed by atoms with Gasteiger partial charge in [-0.1, -0.05) is 13.8 Å². The van der Waals surface area contributed by atoms with E-state index in [1.54, 1.807) is 37.3 Å². The largest absolute Gasteiger partial charge is 0.497 e. The van der Waals surface area contributed by atoms with Crippen molar-refractivity contribution in [3.8, 4) is 11.4 Å². The predicted octanol–water partition coefficient (Wildman–Crippen LogP) is 4.93. The zero-order valence-electron chi connectivity index (χ0n) is 14.3. The fourth-order valence-corrected chi connectivity index (χ4v) is 1.99. The summed E-state index contributed by atoms with van der Waals surface area (Å²) in [7, 11) is 2.91. The number of alkyl halides is 3. The lowest BCUT2D eigenvalue weighted by molar-refractivity contribution is -0.141. The lowest BCUT2D eigenvalue weighted by Gasteiger charge is -2.10. The van der Waals surface area contributed by atoms with Gasteiger partial charge in [-0.05, 0) is 37.3 Å². The zero-order valence-corrected chi connectivity index (χ0v) is 14.3. The van der Waals surface area contributed by atoms with Crippen molar-refractivity contribution in [3.05, 3.63) is 47.8 Å². The van der Waals surface area contributed by atoms with Crippen LogP contribution in [-0.4, -0.2) is 24.0 Å². The van der Waals surface area contributed by atoms with Crippen LogP contribution < -0.4 is 4.74 Å². The van der Waals surface area contributed by atoms with E-state index in [9.17, 15) is 13.2 Å². The molecular formula is C17H21F3N2O2. The molecule has 0 bridgehead atoms. The summed E-state index contributed by atoms with van der Waals surface area (Å²) in [6, 6.07) is 7.51. The van der Waals surface area contributed by atoms with Crippen LogP contribution >= 0.6 is 0 Å². The van der Waals surface area contributed by atoms with Gasteiger partial charge in [0.2, 0.25) is 0 Å². The number of allylic oxidation sites excluding steroid dienone is 1. The Kier molecular flexibility index (Phi) is 6.88.